The highest BCUT2D eigenvalue weighted by atomic mass is 32.1. The lowest BCUT2D eigenvalue weighted by Crippen LogP contribution is -1.88. The predicted octanol–water partition coefficient (Wildman–Crippen LogP) is 6.45. The van der Waals surface area contributed by atoms with Crippen molar-refractivity contribution < 1.29 is 4.92 Å². The molecule has 0 saturated heterocycles. The van der Waals surface area contributed by atoms with Crippen LogP contribution in [0, 0.1) is 21.4 Å². The molecule has 1 aromatic heterocycles. The van der Waals surface area contributed by atoms with Crippen LogP contribution >= 0.6 is 11.3 Å². The van der Waals surface area contributed by atoms with E-state index in [9.17, 15) is 15.4 Å². The molecule has 0 atom stereocenters. The van der Waals surface area contributed by atoms with Crippen LogP contribution in [0.4, 0.5) is 5.69 Å². The number of benzene rings is 3. The molecule has 5 nitrogen and oxygen atoms in total. The van der Waals surface area contributed by atoms with E-state index in [2.05, 4.69) is 23.2 Å². The minimum Gasteiger partial charge on any atom is -0.258 e. The van der Waals surface area contributed by atoms with Crippen molar-refractivity contribution in [3.05, 3.63) is 105 Å². The zero-order valence-electron chi connectivity index (χ0n) is 15.7. The number of aromatic nitrogens is 1. The Morgan fingerprint density at radius 1 is 0.967 bits per heavy atom. The Bertz CT molecular complexity index is 1270. The van der Waals surface area contributed by atoms with Gasteiger partial charge in [0.05, 0.1) is 16.2 Å². The molecule has 0 spiro atoms. The summed E-state index contributed by atoms with van der Waals surface area (Å²) in [4.78, 5) is 15.1. The lowest BCUT2D eigenvalue weighted by Gasteiger charge is -2.02. The second kappa shape index (κ2) is 8.52. The van der Waals surface area contributed by atoms with E-state index in [-0.39, 0.29) is 5.69 Å². The first-order valence-corrected chi connectivity index (χ1v) is 10.00. The van der Waals surface area contributed by atoms with Crippen LogP contribution < -0.4 is 0 Å². The maximum atomic E-state index is 11.0. The Labute approximate surface area is 177 Å². The summed E-state index contributed by atoms with van der Waals surface area (Å²) in [6, 6.07) is 26.6. The SMILES string of the molecule is N#C/C(=C/c1cccc([N+](=O)[O-])c1)c1nc(-c2ccc(-c3ccccc3)cc2)cs1. The van der Waals surface area contributed by atoms with Gasteiger partial charge in [-0.25, -0.2) is 4.98 Å². The molecule has 4 aromatic rings. The standard InChI is InChI=1S/C24H15N3O2S/c25-15-21(13-17-5-4-8-22(14-17)27(28)29)24-26-23(16-30-24)20-11-9-19(10-12-20)18-6-2-1-3-7-18/h1-14,16H/b21-13-. The van der Waals surface area contributed by atoms with E-state index in [0.717, 1.165) is 22.4 Å². The lowest BCUT2D eigenvalue weighted by molar-refractivity contribution is -0.384. The third-order valence-electron chi connectivity index (χ3n) is 4.53. The van der Waals surface area contributed by atoms with Crippen molar-refractivity contribution >= 4 is 28.7 Å². The van der Waals surface area contributed by atoms with Gasteiger partial charge in [0, 0.05) is 23.1 Å². The number of nitro benzene ring substituents is 1. The molecule has 0 aliphatic heterocycles. The molecule has 0 bridgehead atoms. The zero-order chi connectivity index (χ0) is 20.9. The van der Waals surface area contributed by atoms with Crippen molar-refractivity contribution in [3.8, 4) is 28.5 Å². The van der Waals surface area contributed by atoms with Crippen molar-refractivity contribution in [1.82, 2.24) is 4.98 Å². The number of non-ortho nitro benzene ring substituents is 1. The summed E-state index contributed by atoms with van der Waals surface area (Å²) >= 11 is 1.37. The minimum atomic E-state index is -0.454. The Morgan fingerprint density at radius 3 is 2.37 bits per heavy atom. The van der Waals surface area contributed by atoms with Gasteiger partial charge in [0.15, 0.2) is 0 Å². The first-order chi connectivity index (χ1) is 14.6. The number of nitro groups is 1. The van der Waals surface area contributed by atoms with Gasteiger partial charge in [0.1, 0.15) is 11.1 Å². The number of allylic oxidation sites excluding steroid dienone is 1. The van der Waals surface area contributed by atoms with Crippen LogP contribution in [0.15, 0.2) is 84.2 Å². The van der Waals surface area contributed by atoms with Crippen LogP contribution in [-0.2, 0) is 0 Å². The van der Waals surface area contributed by atoms with Crippen molar-refractivity contribution in [2.75, 3.05) is 0 Å². The van der Waals surface area contributed by atoms with Crippen molar-refractivity contribution in [3.63, 3.8) is 0 Å². The topological polar surface area (TPSA) is 79.8 Å². The molecule has 0 radical (unpaired) electrons. The summed E-state index contributed by atoms with van der Waals surface area (Å²) in [5.74, 6) is 0. The normalized spacial score (nSPS) is 11.1. The second-order valence-electron chi connectivity index (χ2n) is 6.50. The Kier molecular flexibility index (Phi) is 5.46. The molecule has 0 N–H and O–H groups in total. The van der Waals surface area contributed by atoms with E-state index < -0.39 is 4.92 Å². The van der Waals surface area contributed by atoms with E-state index in [1.807, 2.05) is 47.8 Å². The fraction of sp³-hybridized carbons (Fsp3) is 0. The Morgan fingerprint density at radius 2 is 1.67 bits per heavy atom. The molecule has 0 saturated carbocycles. The highest BCUT2D eigenvalue weighted by Crippen LogP contribution is 2.29. The highest BCUT2D eigenvalue weighted by Gasteiger charge is 2.11. The van der Waals surface area contributed by atoms with Gasteiger partial charge in [-0.1, -0.05) is 66.7 Å². The van der Waals surface area contributed by atoms with Gasteiger partial charge < -0.3 is 0 Å². The fourth-order valence-electron chi connectivity index (χ4n) is 3.03. The molecule has 4 rings (SSSR count). The third-order valence-corrected chi connectivity index (χ3v) is 5.41. The maximum Gasteiger partial charge on any atom is 0.270 e. The van der Waals surface area contributed by atoms with E-state index in [1.165, 1.54) is 23.5 Å². The number of thiazole rings is 1. The predicted molar refractivity (Wildman–Crippen MR) is 120 cm³/mol. The summed E-state index contributed by atoms with van der Waals surface area (Å²) in [6.45, 7) is 0. The summed E-state index contributed by atoms with van der Waals surface area (Å²) in [6.07, 6.45) is 1.62. The Balaban J connectivity index is 1.60. The van der Waals surface area contributed by atoms with Crippen LogP contribution in [0.3, 0.4) is 0 Å². The van der Waals surface area contributed by atoms with Gasteiger partial charge in [-0.15, -0.1) is 11.3 Å². The van der Waals surface area contributed by atoms with Crippen molar-refractivity contribution in [2.45, 2.75) is 0 Å². The molecule has 3 aromatic carbocycles. The monoisotopic (exact) mass is 409 g/mol. The van der Waals surface area contributed by atoms with Crippen LogP contribution in [0.25, 0.3) is 34.0 Å². The van der Waals surface area contributed by atoms with Gasteiger partial charge in [0.2, 0.25) is 0 Å². The largest absolute Gasteiger partial charge is 0.270 e. The average Bonchev–Trinajstić information content (AvgIpc) is 3.28. The van der Waals surface area contributed by atoms with Crippen molar-refractivity contribution in [2.24, 2.45) is 0 Å². The van der Waals surface area contributed by atoms with E-state index in [1.54, 1.807) is 18.2 Å². The lowest BCUT2D eigenvalue weighted by atomic mass is 10.0. The number of nitriles is 1. The zero-order valence-corrected chi connectivity index (χ0v) is 16.5. The molecule has 1 heterocycles. The van der Waals surface area contributed by atoms with Crippen LogP contribution in [0.2, 0.25) is 0 Å². The molecule has 0 fully saturated rings. The molecule has 144 valence electrons. The first kappa shape index (κ1) is 19.2. The number of nitrogens with zero attached hydrogens (tertiary/aromatic N) is 3. The number of rotatable bonds is 5. The van der Waals surface area contributed by atoms with Gasteiger partial charge in [0.25, 0.3) is 5.69 Å². The smallest absolute Gasteiger partial charge is 0.258 e. The van der Waals surface area contributed by atoms with E-state index in [0.29, 0.717) is 16.1 Å². The van der Waals surface area contributed by atoms with Gasteiger partial charge in [-0.3, -0.25) is 10.1 Å². The number of hydrogen-bond acceptors (Lipinski definition) is 5. The molecule has 6 heteroatoms. The van der Waals surface area contributed by atoms with Gasteiger partial charge in [-0.05, 0) is 22.8 Å². The average molecular weight is 409 g/mol. The molecule has 0 amide bonds. The third kappa shape index (κ3) is 4.17. The molecule has 0 aliphatic carbocycles. The number of hydrogen-bond donors (Lipinski definition) is 0. The van der Waals surface area contributed by atoms with Crippen LogP contribution in [0.5, 0.6) is 0 Å². The molecule has 30 heavy (non-hydrogen) atoms. The summed E-state index contributed by atoms with van der Waals surface area (Å²) in [5, 5.41) is 23.0. The van der Waals surface area contributed by atoms with Gasteiger partial charge in [-0.2, -0.15) is 5.26 Å². The van der Waals surface area contributed by atoms with Crippen LogP contribution in [-0.4, -0.2) is 9.91 Å². The van der Waals surface area contributed by atoms with Crippen molar-refractivity contribution in [1.29, 1.82) is 5.26 Å². The molecule has 0 unspecified atom stereocenters. The van der Waals surface area contributed by atoms with Gasteiger partial charge >= 0.3 is 0 Å². The maximum absolute atomic E-state index is 11.0. The highest BCUT2D eigenvalue weighted by molar-refractivity contribution is 7.11. The second-order valence-corrected chi connectivity index (χ2v) is 7.36. The first-order valence-electron chi connectivity index (χ1n) is 9.12. The van der Waals surface area contributed by atoms with E-state index in [4.69, 9.17) is 0 Å². The summed E-state index contributed by atoms with van der Waals surface area (Å²) in [7, 11) is 0. The summed E-state index contributed by atoms with van der Waals surface area (Å²) < 4.78 is 0. The molecular weight excluding hydrogens is 394 g/mol. The minimum absolute atomic E-state index is 0.0145. The fourth-order valence-corrected chi connectivity index (χ4v) is 3.83. The Hall–Kier alpha value is -4.08. The molecular formula is C24H15N3O2S. The quantitative estimate of drug-likeness (QED) is 0.215. The molecule has 0 aliphatic rings. The van der Waals surface area contributed by atoms with E-state index >= 15 is 0 Å². The summed E-state index contributed by atoms with van der Waals surface area (Å²) in [5.41, 5.74) is 4.96. The van der Waals surface area contributed by atoms with Crippen LogP contribution in [0.1, 0.15) is 10.6 Å².